The summed E-state index contributed by atoms with van der Waals surface area (Å²) in [6.07, 6.45) is 0.345. The van der Waals surface area contributed by atoms with Gasteiger partial charge in [0.05, 0.1) is 81.7 Å². The Hall–Kier alpha value is -6.34. The highest BCUT2D eigenvalue weighted by Crippen LogP contribution is 2.53. The Morgan fingerprint density at radius 3 is 2.20 bits per heavy atom. The molecule has 80 heavy (non-hydrogen) atoms. The standard InChI is InChI=1S/C58H62Cl3F2N9O7S/c1-32-33(2)80-56-48(32)51(35-11-14-37(59)15-12-35)67-44(53-71-70-34(3)72(53)56)29-47(73)65-19-21-77-23-25-79-26-24-78-22-20-66-54(74)36-13-18-43(45(27-36)76-7)68-55(75)52-49(39-9-8-10-41(61)50(39)63)58(31-64,46(69-52)30-57(4,5)6)40-17-16-38(60)28-42(40)62/h8-18,27-28,44,46,49,52,69H,19-26,29-30H2,1-7H3,(H,65,73)(H,66,74)(H,68,75)/t44-,46-,49-,52+,58-/m1/s1. The summed E-state index contributed by atoms with van der Waals surface area (Å²) >= 11 is 20.3. The molecule has 0 unspecified atom stereocenters. The molecule has 0 saturated carbocycles. The molecule has 4 aromatic carbocycles. The molecule has 0 spiro atoms. The number of fused-ring (bicyclic) bond motifs is 3. The molecule has 1 fully saturated rings. The quantitative estimate of drug-likeness (QED) is 0.0471. The van der Waals surface area contributed by atoms with E-state index in [1.54, 1.807) is 11.3 Å². The van der Waals surface area contributed by atoms with E-state index in [9.17, 15) is 19.6 Å². The fraction of sp³-hybridized carbons (Fsp3) is 0.397. The van der Waals surface area contributed by atoms with Crippen molar-refractivity contribution < 1.29 is 42.1 Å². The second kappa shape index (κ2) is 26.1. The third-order valence-electron chi connectivity index (χ3n) is 14.0. The summed E-state index contributed by atoms with van der Waals surface area (Å²) in [5.74, 6) is -2.77. The largest absolute Gasteiger partial charge is 0.495 e. The lowest BCUT2D eigenvalue weighted by Gasteiger charge is -2.37. The minimum atomic E-state index is -1.82. The van der Waals surface area contributed by atoms with Gasteiger partial charge in [0.1, 0.15) is 39.7 Å². The molecule has 22 heteroatoms. The summed E-state index contributed by atoms with van der Waals surface area (Å²) < 4.78 is 56.8. The number of hydrogen-bond donors (Lipinski definition) is 4. The normalized spacial score (nSPS) is 18.6. The number of methoxy groups -OCH3 is 1. The minimum Gasteiger partial charge on any atom is -0.495 e. The Balaban J connectivity index is 0.776. The highest BCUT2D eigenvalue weighted by molar-refractivity contribution is 7.15. The van der Waals surface area contributed by atoms with Crippen LogP contribution in [0, 0.1) is 49.2 Å². The zero-order valence-electron chi connectivity index (χ0n) is 45.3. The second-order valence-corrected chi connectivity index (χ2v) is 23.1. The van der Waals surface area contributed by atoms with E-state index in [4.69, 9.17) is 58.7 Å². The molecule has 4 heterocycles. The summed E-state index contributed by atoms with van der Waals surface area (Å²) in [7, 11) is 1.38. The fourth-order valence-electron chi connectivity index (χ4n) is 10.2. The number of hydrogen-bond acceptors (Lipinski definition) is 13. The number of thiophene rings is 1. The maximum atomic E-state index is 16.2. The fourth-order valence-corrected chi connectivity index (χ4v) is 11.9. The lowest BCUT2D eigenvalue weighted by Crippen LogP contribution is -2.45. The van der Waals surface area contributed by atoms with Crippen LogP contribution in [0.3, 0.4) is 0 Å². The number of anilines is 1. The number of ether oxygens (including phenoxy) is 4. The van der Waals surface area contributed by atoms with Gasteiger partial charge < -0.3 is 40.2 Å². The van der Waals surface area contributed by atoms with Crippen molar-refractivity contribution in [2.75, 3.05) is 65.2 Å². The first-order valence-corrected chi connectivity index (χ1v) is 27.9. The second-order valence-electron chi connectivity index (χ2n) is 20.6. The molecule has 4 N–H and O–H groups in total. The van der Waals surface area contributed by atoms with Crippen LogP contribution >= 0.6 is 46.1 Å². The van der Waals surface area contributed by atoms with Crippen LogP contribution in [-0.2, 0) is 29.2 Å². The monoisotopic (exact) mass is 1170 g/mol. The van der Waals surface area contributed by atoms with Gasteiger partial charge in [-0.1, -0.05) is 85.9 Å². The number of nitrogens with one attached hydrogen (secondary N) is 4. The van der Waals surface area contributed by atoms with Gasteiger partial charge in [-0.15, -0.1) is 21.5 Å². The molecule has 0 aliphatic carbocycles. The molecule has 5 atom stereocenters. The van der Waals surface area contributed by atoms with Crippen LogP contribution in [0.15, 0.2) is 83.9 Å². The maximum absolute atomic E-state index is 16.2. The van der Waals surface area contributed by atoms with E-state index >= 15 is 8.78 Å². The van der Waals surface area contributed by atoms with Crippen LogP contribution in [0.1, 0.15) is 100 Å². The Bertz CT molecular complexity index is 3330. The maximum Gasteiger partial charge on any atom is 0.251 e. The Morgan fingerprint density at radius 2 is 1.54 bits per heavy atom. The number of aliphatic imine (C=N–C) groups is 1. The van der Waals surface area contributed by atoms with Gasteiger partial charge in [0.15, 0.2) is 5.82 Å². The number of amides is 3. The molecule has 0 bridgehead atoms. The lowest BCUT2D eigenvalue weighted by molar-refractivity contribution is -0.121. The molecule has 6 aromatic rings. The topological polar surface area (TPSA) is 203 Å². The average Bonchev–Trinajstić information content (AvgIpc) is 4.24. The number of carbonyl (C=O) groups is 3. The van der Waals surface area contributed by atoms with Gasteiger partial charge in [0.2, 0.25) is 11.8 Å². The summed E-state index contributed by atoms with van der Waals surface area (Å²) in [5, 5.41) is 33.4. The predicted octanol–water partition coefficient (Wildman–Crippen LogP) is 10.3. The van der Waals surface area contributed by atoms with Crippen molar-refractivity contribution in [3.05, 3.63) is 155 Å². The smallest absolute Gasteiger partial charge is 0.251 e. The molecular weight excluding hydrogens is 1110 g/mol. The van der Waals surface area contributed by atoms with Crippen molar-refractivity contribution in [1.29, 1.82) is 5.26 Å². The van der Waals surface area contributed by atoms with Crippen molar-refractivity contribution in [2.24, 2.45) is 10.4 Å². The first-order chi connectivity index (χ1) is 38.3. The van der Waals surface area contributed by atoms with E-state index in [1.807, 2.05) is 56.5 Å². The summed E-state index contributed by atoms with van der Waals surface area (Å²) in [6, 6.07) is 19.8. The molecule has 3 amide bonds. The number of halogens is 5. The van der Waals surface area contributed by atoms with Crippen molar-refractivity contribution in [1.82, 2.24) is 30.7 Å². The van der Waals surface area contributed by atoms with Crippen LogP contribution in [0.2, 0.25) is 15.1 Å². The van der Waals surface area contributed by atoms with E-state index in [0.717, 1.165) is 38.3 Å². The van der Waals surface area contributed by atoms with E-state index in [2.05, 4.69) is 51.4 Å². The van der Waals surface area contributed by atoms with E-state index < -0.39 is 58.3 Å². The predicted molar refractivity (Wildman–Crippen MR) is 305 cm³/mol. The Morgan fingerprint density at radius 1 is 0.863 bits per heavy atom. The van der Waals surface area contributed by atoms with Crippen LogP contribution in [0.5, 0.6) is 5.75 Å². The van der Waals surface area contributed by atoms with Gasteiger partial charge in [0, 0.05) is 62.2 Å². The average molecular weight is 1170 g/mol. The number of aromatic nitrogens is 3. The minimum absolute atomic E-state index is 0.0499. The highest BCUT2D eigenvalue weighted by Gasteiger charge is 2.61. The van der Waals surface area contributed by atoms with Crippen molar-refractivity contribution in [2.45, 2.75) is 83.8 Å². The highest BCUT2D eigenvalue weighted by atomic mass is 35.5. The van der Waals surface area contributed by atoms with E-state index in [-0.39, 0.29) is 96.4 Å². The number of carbonyl (C=O) groups excluding carboxylic acids is 3. The molecule has 2 aromatic heterocycles. The zero-order chi connectivity index (χ0) is 57.5. The Labute approximate surface area is 482 Å². The van der Waals surface area contributed by atoms with Gasteiger partial charge in [0.25, 0.3) is 5.91 Å². The third kappa shape index (κ3) is 13.2. The van der Waals surface area contributed by atoms with Crippen LogP contribution in [0.25, 0.3) is 5.00 Å². The van der Waals surface area contributed by atoms with E-state index in [1.165, 1.54) is 55.6 Å². The number of aryl methyl sites for hydroxylation is 2. The molecular formula is C58H62Cl3F2N9O7S. The molecule has 422 valence electrons. The molecule has 2 aliphatic heterocycles. The molecule has 2 aliphatic rings. The SMILES string of the molecule is COc1cc(C(=O)NCCOCCOCCOCCNC(=O)C[C@H]2N=C(c3ccc(Cl)cc3)c3c(sc(C)c3C)-n3c(C)nnc32)ccc1NC(=O)[C@H]1N[C@H](CC(C)(C)C)[C@@](C#N)(c2ccc(Cl)cc2F)[C@@H]1c1cccc(Cl)c1F. The third-order valence-corrected chi connectivity index (χ3v) is 16.0. The summed E-state index contributed by atoms with van der Waals surface area (Å²) in [4.78, 5) is 47.4. The van der Waals surface area contributed by atoms with Crippen LogP contribution in [-0.4, -0.2) is 110 Å². The molecule has 16 nitrogen and oxygen atoms in total. The molecule has 0 radical (unpaired) electrons. The summed E-state index contributed by atoms with van der Waals surface area (Å²) in [5.41, 5.74) is 1.81. The van der Waals surface area contributed by atoms with Gasteiger partial charge in [-0.3, -0.25) is 23.9 Å². The molecule has 1 saturated heterocycles. The van der Waals surface area contributed by atoms with Gasteiger partial charge >= 0.3 is 0 Å². The van der Waals surface area contributed by atoms with Crippen molar-refractivity contribution in [3.63, 3.8) is 0 Å². The Kier molecular flexibility index (Phi) is 19.5. The zero-order valence-corrected chi connectivity index (χ0v) is 48.4. The number of rotatable bonds is 22. The van der Waals surface area contributed by atoms with Crippen molar-refractivity contribution >= 4 is 75.3 Å². The van der Waals surface area contributed by atoms with E-state index in [0.29, 0.717) is 29.9 Å². The van der Waals surface area contributed by atoms with Crippen LogP contribution in [0.4, 0.5) is 14.5 Å². The first-order valence-electron chi connectivity index (χ1n) is 26.0. The lowest BCUT2D eigenvalue weighted by atomic mass is 9.62. The number of benzene rings is 4. The number of nitriles is 1. The van der Waals surface area contributed by atoms with Gasteiger partial charge in [-0.05, 0) is 92.3 Å². The number of nitrogens with zero attached hydrogens (tertiary/aromatic N) is 5. The first kappa shape index (κ1) is 59.8. The van der Waals surface area contributed by atoms with Crippen molar-refractivity contribution in [3.8, 4) is 16.8 Å². The van der Waals surface area contributed by atoms with Gasteiger partial charge in [-0.2, -0.15) is 5.26 Å². The van der Waals surface area contributed by atoms with Crippen LogP contribution < -0.4 is 26.0 Å². The summed E-state index contributed by atoms with van der Waals surface area (Å²) in [6.45, 7) is 14.0. The van der Waals surface area contributed by atoms with Gasteiger partial charge in [-0.25, -0.2) is 8.78 Å². The molecule has 8 rings (SSSR count).